The van der Waals surface area contributed by atoms with Crippen molar-refractivity contribution in [3.8, 4) is 0 Å². The van der Waals surface area contributed by atoms with Gasteiger partial charge in [0.2, 0.25) is 0 Å². The molecule has 0 saturated heterocycles. The molecular formula is C15H15ClO2. The van der Waals surface area contributed by atoms with E-state index in [2.05, 4.69) is 0 Å². The minimum absolute atomic E-state index is 0.415. The van der Waals surface area contributed by atoms with Gasteiger partial charge in [-0.1, -0.05) is 30.2 Å². The van der Waals surface area contributed by atoms with Crippen LogP contribution in [0, 0.1) is 17.8 Å². The molecule has 2 fully saturated rings. The Morgan fingerprint density at radius 1 is 1.28 bits per heavy atom. The predicted molar refractivity (Wildman–Crippen MR) is 70.5 cm³/mol. The molecule has 2 aliphatic rings. The number of furan rings is 1. The van der Waals surface area contributed by atoms with Gasteiger partial charge in [0, 0.05) is 5.39 Å². The van der Waals surface area contributed by atoms with E-state index in [0.29, 0.717) is 22.3 Å². The molecule has 1 N–H and O–H groups in total. The Labute approximate surface area is 111 Å². The van der Waals surface area contributed by atoms with Crippen molar-refractivity contribution in [2.75, 3.05) is 0 Å². The normalized spacial score (nSPS) is 31.6. The van der Waals surface area contributed by atoms with E-state index in [9.17, 15) is 5.11 Å². The first-order valence-corrected chi connectivity index (χ1v) is 6.99. The van der Waals surface area contributed by atoms with Crippen LogP contribution in [-0.4, -0.2) is 5.11 Å². The third-order valence-electron chi connectivity index (χ3n) is 4.64. The Balaban J connectivity index is 1.68. The summed E-state index contributed by atoms with van der Waals surface area (Å²) in [4.78, 5) is 0. The topological polar surface area (TPSA) is 33.4 Å². The number of rotatable bonds is 2. The summed E-state index contributed by atoms with van der Waals surface area (Å²) < 4.78 is 5.75. The molecule has 3 unspecified atom stereocenters. The Hall–Kier alpha value is -0.990. The Bertz CT molecular complexity index is 594. The van der Waals surface area contributed by atoms with Crippen molar-refractivity contribution in [1.82, 2.24) is 0 Å². The molecule has 2 aliphatic carbocycles. The minimum atomic E-state index is -0.455. The molecule has 3 heteroatoms. The molecular weight excluding hydrogens is 248 g/mol. The van der Waals surface area contributed by atoms with E-state index in [1.165, 1.54) is 19.3 Å². The zero-order valence-corrected chi connectivity index (χ0v) is 10.7. The van der Waals surface area contributed by atoms with E-state index in [0.717, 1.165) is 17.2 Å². The van der Waals surface area contributed by atoms with E-state index in [1.54, 1.807) is 0 Å². The van der Waals surface area contributed by atoms with Crippen LogP contribution in [0.3, 0.4) is 0 Å². The fourth-order valence-corrected chi connectivity index (χ4v) is 3.95. The molecule has 1 aromatic carbocycles. The summed E-state index contributed by atoms with van der Waals surface area (Å²) in [5.41, 5.74) is 0.694. The van der Waals surface area contributed by atoms with Crippen molar-refractivity contribution < 1.29 is 9.52 Å². The molecule has 1 heterocycles. The van der Waals surface area contributed by atoms with Crippen molar-refractivity contribution in [1.29, 1.82) is 0 Å². The number of para-hydroxylation sites is 1. The van der Waals surface area contributed by atoms with Gasteiger partial charge in [0.15, 0.2) is 5.58 Å². The first-order valence-electron chi connectivity index (χ1n) is 6.62. The maximum absolute atomic E-state index is 10.4. The van der Waals surface area contributed by atoms with Crippen molar-refractivity contribution in [3.63, 3.8) is 0 Å². The lowest BCUT2D eigenvalue weighted by Gasteiger charge is -2.09. The van der Waals surface area contributed by atoms with E-state index in [4.69, 9.17) is 16.0 Å². The van der Waals surface area contributed by atoms with E-state index in [-0.39, 0.29) is 0 Å². The van der Waals surface area contributed by atoms with Crippen LogP contribution in [0.25, 0.3) is 11.0 Å². The summed E-state index contributed by atoms with van der Waals surface area (Å²) in [7, 11) is 0. The van der Waals surface area contributed by atoms with Crippen LogP contribution in [-0.2, 0) is 0 Å². The lowest BCUT2D eigenvalue weighted by atomic mass is 10.0. The van der Waals surface area contributed by atoms with E-state index < -0.39 is 6.10 Å². The molecule has 2 saturated carbocycles. The molecule has 18 heavy (non-hydrogen) atoms. The van der Waals surface area contributed by atoms with Crippen LogP contribution in [0.1, 0.15) is 31.1 Å². The van der Waals surface area contributed by atoms with Crippen LogP contribution < -0.4 is 0 Å². The van der Waals surface area contributed by atoms with Gasteiger partial charge in [-0.15, -0.1) is 0 Å². The van der Waals surface area contributed by atoms with Crippen molar-refractivity contribution >= 4 is 22.6 Å². The van der Waals surface area contributed by atoms with Gasteiger partial charge >= 0.3 is 0 Å². The molecule has 2 aromatic rings. The summed E-state index contributed by atoms with van der Waals surface area (Å²) in [6.07, 6.45) is 3.41. The molecule has 0 spiro atoms. The summed E-state index contributed by atoms with van der Waals surface area (Å²) in [5.74, 6) is 2.54. The molecule has 0 radical (unpaired) electrons. The van der Waals surface area contributed by atoms with Gasteiger partial charge in [-0.3, -0.25) is 0 Å². The zero-order valence-electron chi connectivity index (χ0n) is 9.97. The fourth-order valence-electron chi connectivity index (χ4n) is 3.73. The summed E-state index contributed by atoms with van der Waals surface area (Å²) >= 11 is 6.09. The number of halogens is 1. The molecule has 0 aliphatic heterocycles. The second-order valence-corrected chi connectivity index (χ2v) is 5.99. The molecule has 4 rings (SSSR count). The lowest BCUT2D eigenvalue weighted by molar-refractivity contribution is 0.114. The minimum Gasteiger partial charge on any atom is -0.457 e. The first-order chi connectivity index (χ1) is 8.75. The third kappa shape index (κ3) is 1.45. The number of fused-ring (bicyclic) bond motifs is 2. The van der Waals surface area contributed by atoms with Gasteiger partial charge in [-0.2, -0.15) is 0 Å². The van der Waals surface area contributed by atoms with Gasteiger partial charge < -0.3 is 9.52 Å². The van der Waals surface area contributed by atoms with Crippen LogP contribution in [0.2, 0.25) is 5.02 Å². The fraction of sp³-hybridized carbons (Fsp3) is 0.467. The zero-order chi connectivity index (χ0) is 12.3. The molecule has 94 valence electrons. The summed E-state index contributed by atoms with van der Waals surface area (Å²) in [6, 6.07) is 7.62. The Morgan fingerprint density at radius 3 is 2.78 bits per heavy atom. The quantitative estimate of drug-likeness (QED) is 0.881. The number of benzene rings is 1. The van der Waals surface area contributed by atoms with Gasteiger partial charge in [-0.05, 0) is 42.7 Å². The van der Waals surface area contributed by atoms with E-state index >= 15 is 0 Å². The Morgan fingerprint density at radius 2 is 2.06 bits per heavy atom. The molecule has 3 atom stereocenters. The highest BCUT2D eigenvalue weighted by Gasteiger charge is 2.56. The highest BCUT2D eigenvalue weighted by Crippen LogP contribution is 2.62. The van der Waals surface area contributed by atoms with Gasteiger partial charge in [0.25, 0.3) is 0 Å². The van der Waals surface area contributed by atoms with E-state index in [1.807, 2.05) is 24.3 Å². The molecule has 1 aromatic heterocycles. The third-order valence-corrected chi connectivity index (χ3v) is 4.94. The van der Waals surface area contributed by atoms with Crippen LogP contribution in [0.5, 0.6) is 0 Å². The summed E-state index contributed by atoms with van der Waals surface area (Å²) in [6.45, 7) is 0. The smallest absolute Gasteiger partial charge is 0.152 e. The monoisotopic (exact) mass is 262 g/mol. The van der Waals surface area contributed by atoms with Crippen LogP contribution in [0.15, 0.2) is 28.7 Å². The van der Waals surface area contributed by atoms with Crippen LogP contribution >= 0.6 is 11.6 Å². The standard InChI is InChI=1S/C15H15ClO2/c16-11-6-1-3-8-7-12(18-15(8)11)14(17)13-9-4-2-5-10(9)13/h1,3,6-7,9-10,13-14,17H,2,4-5H2. The molecule has 0 amide bonds. The van der Waals surface area contributed by atoms with Gasteiger partial charge in [-0.25, -0.2) is 0 Å². The number of hydrogen-bond acceptors (Lipinski definition) is 2. The van der Waals surface area contributed by atoms with Gasteiger partial charge in [0.05, 0.1) is 5.02 Å². The average Bonchev–Trinajstić information content (AvgIpc) is 2.79. The van der Waals surface area contributed by atoms with Crippen LogP contribution in [0.4, 0.5) is 0 Å². The predicted octanol–water partition coefficient (Wildman–Crippen LogP) is 4.17. The average molecular weight is 263 g/mol. The lowest BCUT2D eigenvalue weighted by Crippen LogP contribution is -2.02. The highest BCUT2D eigenvalue weighted by molar-refractivity contribution is 6.34. The molecule has 2 nitrogen and oxygen atoms in total. The SMILES string of the molecule is OC(c1cc2cccc(Cl)c2o1)C1C2CCCC21. The maximum atomic E-state index is 10.4. The number of aliphatic hydroxyl groups is 1. The van der Waals surface area contributed by atoms with Crippen molar-refractivity contribution in [3.05, 3.63) is 35.0 Å². The Kier molecular flexibility index (Phi) is 2.27. The second-order valence-electron chi connectivity index (χ2n) is 5.59. The summed E-state index contributed by atoms with van der Waals surface area (Å²) in [5, 5.41) is 12.0. The largest absolute Gasteiger partial charge is 0.457 e. The molecule has 0 bridgehead atoms. The maximum Gasteiger partial charge on any atom is 0.152 e. The van der Waals surface area contributed by atoms with Crippen molar-refractivity contribution in [2.45, 2.75) is 25.4 Å². The number of aliphatic hydroxyl groups excluding tert-OH is 1. The number of hydrogen-bond donors (Lipinski definition) is 1. The highest BCUT2D eigenvalue weighted by atomic mass is 35.5. The van der Waals surface area contributed by atoms with Gasteiger partial charge in [0.1, 0.15) is 11.9 Å². The van der Waals surface area contributed by atoms with Crippen molar-refractivity contribution in [2.24, 2.45) is 17.8 Å². The second kappa shape index (κ2) is 3.75. The first kappa shape index (κ1) is 10.9.